The number of nitrogens with one attached hydrogen (secondary N) is 4. The van der Waals surface area contributed by atoms with Crippen LogP contribution >= 0.6 is 23.2 Å². The van der Waals surface area contributed by atoms with Crippen LogP contribution in [0.3, 0.4) is 0 Å². The molecule has 0 unspecified atom stereocenters. The minimum atomic E-state index is -1.15. The lowest BCUT2D eigenvalue weighted by Gasteiger charge is -2.17. The Labute approximate surface area is 826 Å². The molecule has 0 saturated carbocycles. The number of aryl methyl sites for hydroxylation is 2. The van der Waals surface area contributed by atoms with Gasteiger partial charge in [-0.3, -0.25) is 65.7 Å². The number of hydrogen-bond acceptors (Lipinski definition) is 26. The van der Waals surface area contributed by atoms with Crippen LogP contribution in [0.5, 0.6) is 46.0 Å². The number of carbonyl (C=O) groups is 4. The molecule has 8 aromatic carbocycles. The van der Waals surface area contributed by atoms with Crippen molar-refractivity contribution in [3.05, 3.63) is 441 Å². The molecule has 0 aliphatic heterocycles. The molecule has 0 aliphatic carbocycles. The van der Waals surface area contributed by atoms with E-state index in [2.05, 4.69) is 45.9 Å². The van der Waals surface area contributed by atoms with Gasteiger partial charge in [-0.2, -0.15) is 0 Å². The van der Waals surface area contributed by atoms with Crippen molar-refractivity contribution in [3.63, 3.8) is 0 Å². The van der Waals surface area contributed by atoms with E-state index in [4.69, 9.17) is 57.1 Å². The van der Waals surface area contributed by atoms with Crippen molar-refractivity contribution in [2.75, 3.05) is 35.5 Å². The molecule has 0 fully saturated rings. The van der Waals surface area contributed by atoms with Crippen molar-refractivity contribution in [2.45, 2.75) is 101 Å². The van der Waals surface area contributed by atoms with Crippen LogP contribution in [0.2, 0.25) is 10.0 Å². The van der Waals surface area contributed by atoms with Crippen LogP contribution in [0.25, 0.3) is 0 Å². The van der Waals surface area contributed by atoms with E-state index in [0.717, 1.165) is 42.5 Å². The number of pyridine rings is 4. The van der Waals surface area contributed by atoms with Gasteiger partial charge in [-0.05, 0) is 209 Å². The SMILES string of the molecule is C.CCn1c(=O)cc(Nc2ccc(Oc3ccnc(C(=O)O)c3)cc2)n(Cc2ccc(Cl)cc2)c1=O.CCn1c(=O)cc(Nc2ccc(Oc3ccnc(C(=O)OC)c3)cc2)n(Cc2ccc(C)cc2)c1=O.CCn1c(=O)cc(Nc2ccc(Oc3cncc(C(=O)O)c3)cc2)n(Cc2ccc(Cl)cc2)c1=O.CCn1c(=O)cc(Nc2ccc(Oc3cncc(C(=O)OC)c3)cc2)n(Cc2ccc(C)cc2)c1=O. The smallest absolute Gasteiger partial charge is 0.356 e. The number of aromatic nitrogens is 12. The normalized spacial score (nSPS) is 10.6. The number of rotatable bonds is 32. The molecule has 6 N–H and O–H groups in total. The van der Waals surface area contributed by atoms with Crippen LogP contribution in [-0.2, 0) is 61.8 Å². The van der Waals surface area contributed by atoms with Crippen molar-refractivity contribution in [1.82, 2.24) is 56.5 Å². The summed E-state index contributed by atoms with van der Waals surface area (Å²) in [5, 5.41) is 32.0. The maximum atomic E-state index is 13.1. The zero-order valence-electron chi connectivity index (χ0n) is 77.7. The van der Waals surface area contributed by atoms with Gasteiger partial charge in [0.15, 0.2) is 11.4 Å². The lowest BCUT2D eigenvalue weighted by atomic mass is 10.1. The van der Waals surface area contributed by atoms with Gasteiger partial charge in [0.25, 0.3) is 22.2 Å². The molecule has 0 saturated heterocycles. The Hall–Kier alpha value is -18.1. The molecular weight excluding hydrogens is 1880 g/mol. The van der Waals surface area contributed by atoms with E-state index < -0.39 is 46.4 Å². The number of hydrogen-bond donors (Lipinski definition) is 6. The molecule has 0 amide bonds. The Morgan fingerprint density at radius 3 is 0.867 bits per heavy atom. The number of halogens is 2. The molecule has 0 spiro atoms. The van der Waals surface area contributed by atoms with Crippen LogP contribution in [0.15, 0.2) is 330 Å². The highest BCUT2D eigenvalue weighted by Crippen LogP contribution is 2.32. The summed E-state index contributed by atoms with van der Waals surface area (Å²) in [6.45, 7) is 13.2. The van der Waals surface area contributed by atoms with Crippen molar-refractivity contribution < 1.29 is 57.8 Å². The molecule has 8 aromatic heterocycles. The lowest BCUT2D eigenvalue weighted by Crippen LogP contribution is -2.40. The second-order valence-electron chi connectivity index (χ2n) is 31.3. The van der Waals surface area contributed by atoms with Crippen LogP contribution in [0.1, 0.15) is 110 Å². The number of benzene rings is 8. The molecule has 732 valence electrons. The summed E-state index contributed by atoms with van der Waals surface area (Å²) >= 11 is 11.9. The first-order valence-corrected chi connectivity index (χ1v) is 44.8. The number of aromatic carboxylic acids is 2. The van der Waals surface area contributed by atoms with Crippen molar-refractivity contribution >= 4 is 93.1 Å². The molecule has 0 atom stereocenters. The van der Waals surface area contributed by atoms with E-state index in [1.807, 2.05) is 86.6 Å². The molecule has 38 heteroatoms. The molecule has 143 heavy (non-hydrogen) atoms. The molecule has 16 aromatic rings. The Bertz CT molecular complexity index is 7310. The van der Waals surface area contributed by atoms with Crippen LogP contribution < -0.4 is 85.2 Å². The van der Waals surface area contributed by atoms with Gasteiger partial charge in [-0.1, -0.05) is 115 Å². The number of carbonyl (C=O) groups excluding carboxylic acids is 2. The van der Waals surface area contributed by atoms with E-state index in [1.54, 1.807) is 170 Å². The average molecular weight is 1970 g/mol. The molecule has 36 nitrogen and oxygen atoms in total. The number of ether oxygens (including phenoxy) is 6. The Morgan fingerprint density at radius 2 is 0.580 bits per heavy atom. The average Bonchev–Trinajstić information content (AvgIpc) is 0.803. The second kappa shape index (κ2) is 48.8. The largest absolute Gasteiger partial charge is 0.478 e. The number of nitrogens with zero attached hydrogens (tertiary/aromatic N) is 12. The van der Waals surface area contributed by atoms with Gasteiger partial charge < -0.3 is 59.9 Å². The van der Waals surface area contributed by atoms with E-state index in [9.17, 15) is 57.5 Å². The van der Waals surface area contributed by atoms with E-state index >= 15 is 0 Å². The molecular formula is C105H98Cl2N16O20. The standard InChI is InChI=1S/2C27H26N4O5.2C25H21ClN4O5.CH4/c1-4-30-25(32)14-24(31(27(30)34)17-19-7-5-18(2)6-8-19)29-21-9-11-22(12-10-21)36-23-13-20(15-28-16-23)26(33)35-3;1-4-30-25(32)16-24(31(27(30)34)17-19-7-5-18(2)6-8-19)29-20-9-11-21(12-10-20)36-22-13-14-28-23(15-22)26(33)35-3;1-2-29-23(31)12-22(30(25(29)34)15-16-3-5-18(26)6-4-16)28-19-7-9-20(10-8-19)35-21-11-17(24(32)33)13-27-14-21;1-2-29-23(31)14-22(30(25(29)34)15-16-3-5-17(26)6-4-16)28-18-7-9-19(10-8-18)35-20-11-12-27-21(13-20)24(32)33;/h2*5-16,29H,4,17H2,1-3H3;2*3-14,28H,2,15H2,1H3,(H,32,33);1H4. The Balaban J connectivity index is 0.000000170. The van der Waals surface area contributed by atoms with Crippen LogP contribution in [0, 0.1) is 13.8 Å². The quantitative estimate of drug-likeness (QED) is 0.0213. The Kier molecular flexibility index (Phi) is 35.4. The van der Waals surface area contributed by atoms with Crippen LogP contribution in [0.4, 0.5) is 46.0 Å². The number of anilines is 8. The topological polar surface area (TPSA) is 440 Å². The zero-order chi connectivity index (χ0) is 101. The van der Waals surface area contributed by atoms with E-state index in [1.165, 1.54) is 118 Å². The highest BCUT2D eigenvalue weighted by molar-refractivity contribution is 6.30. The van der Waals surface area contributed by atoms with Gasteiger partial charge >= 0.3 is 46.6 Å². The van der Waals surface area contributed by atoms with Gasteiger partial charge in [0.1, 0.15) is 69.3 Å². The van der Waals surface area contributed by atoms with E-state index in [0.29, 0.717) is 109 Å². The summed E-state index contributed by atoms with van der Waals surface area (Å²) in [5.41, 5.74) is 5.54. The fourth-order valence-electron chi connectivity index (χ4n) is 14.1. The molecule has 16 rings (SSSR count). The third kappa shape index (κ3) is 27.7. The third-order valence-corrected chi connectivity index (χ3v) is 21.9. The molecule has 0 aliphatic rings. The fraction of sp³-hybridized carbons (Fsp3) is 0.162. The number of esters is 2. The molecule has 0 bridgehead atoms. The number of carboxylic acids is 2. The highest BCUT2D eigenvalue weighted by Gasteiger charge is 2.21. The maximum Gasteiger partial charge on any atom is 0.356 e. The minimum Gasteiger partial charge on any atom is -0.478 e. The first kappa shape index (κ1) is 104. The van der Waals surface area contributed by atoms with Gasteiger partial charge in [-0.25, -0.2) is 48.3 Å². The van der Waals surface area contributed by atoms with Gasteiger partial charge in [-0.15, -0.1) is 0 Å². The summed E-state index contributed by atoms with van der Waals surface area (Å²) in [5.74, 6) is 1.55. The number of methoxy groups -OCH3 is 2. The number of carboxylic acid groups (broad SMARTS) is 2. The first-order chi connectivity index (χ1) is 68.4. The monoisotopic (exact) mass is 1970 g/mol. The second-order valence-corrected chi connectivity index (χ2v) is 32.2. The zero-order valence-corrected chi connectivity index (χ0v) is 79.2. The summed E-state index contributed by atoms with van der Waals surface area (Å²) in [6.07, 6.45) is 8.35. The maximum absolute atomic E-state index is 13.1. The predicted molar refractivity (Wildman–Crippen MR) is 544 cm³/mol. The van der Waals surface area contributed by atoms with Crippen LogP contribution in [-0.4, -0.2) is 105 Å². The molecule has 0 radical (unpaired) electrons. The van der Waals surface area contributed by atoms with E-state index in [-0.39, 0.29) is 97.5 Å². The summed E-state index contributed by atoms with van der Waals surface area (Å²) in [7, 11) is 2.58. The predicted octanol–water partition coefficient (Wildman–Crippen LogP) is 17.6. The van der Waals surface area contributed by atoms with Gasteiger partial charge in [0.2, 0.25) is 0 Å². The summed E-state index contributed by atoms with van der Waals surface area (Å²) in [6, 6.07) is 72.1. The lowest BCUT2D eigenvalue weighted by molar-refractivity contribution is 0.0587. The third-order valence-electron chi connectivity index (χ3n) is 21.4. The molecule has 8 heterocycles. The van der Waals surface area contributed by atoms with Crippen molar-refractivity contribution in [1.29, 1.82) is 0 Å². The summed E-state index contributed by atoms with van der Waals surface area (Å²) < 4.78 is 43.2. The van der Waals surface area contributed by atoms with Gasteiger partial charge in [0.05, 0.1) is 63.9 Å². The summed E-state index contributed by atoms with van der Waals surface area (Å²) in [4.78, 5) is 163. The fourth-order valence-corrected chi connectivity index (χ4v) is 14.3. The first-order valence-electron chi connectivity index (χ1n) is 44.1. The Morgan fingerprint density at radius 1 is 0.308 bits per heavy atom. The van der Waals surface area contributed by atoms with Crippen molar-refractivity contribution in [3.8, 4) is 46.0 Å². The van der Waals surface area contributed by atoms with Crippen molar-refractivity contribution in [2.24, 2.45) is 0 Å². The highest BCUT2D eigenvalue weighted by atomic mass is 35.5. The minimum absolute atomic E-state index is 0. The van der Waals surface area contributed by atoms with Gasteiger partial charge in [0, 0.05) is 120 Å².